The van der Waals surface area contributed by atoms with E-state index in [1.54, 1.807) is 24.4 Å². The van der Waals surface area contributed by atoms with Crippen LogP contribution in [0.4, 0.5) is 0 Å². The molecule has 2 heterocycles. The van der Waals surface area contributed by atoms with Crippen LogP contribution in [0.1, 0.15) is 34.1 Å². The van der Waals surface area contributed by atoms with Gasteiger partial charge in [-0.2, -0.15) is 0 Å². The van der Waals surface area contributed by atoms with Crippen LogP contribution in [0.2, 0.25) is 0 Å². The van der Waals surface area contributed by atoms with Gasteiger partial charge in [0.1, 0.15) is 0 Å². The maximum atomic E-state index is 12.7. The summed E-state index contributed by atoms with van der Waals surface area (Å²) in [4.78, 5) is 38.0. The molecule has 1 aromatic heterocycles. The quantitative estimate of drug-likeness (QED) is 0.804. The molecule has 6 nitrogen and oxygen atoms in total. The molecule has 3 rings (SSSR count). The number of carbonyl (C=O) groups excluding carboxylic acids is 3. The number of nitrogens with zero attached hydrogens (tertiary/aromatic N) is 1. The van der Waals surface area contributed by atoms with Crippen molar-refractivity contribution >= 4 is 34.7 Å². The van der Waals surface area contributed by atoms with Gasteiger partial charge in [0.15, 0.2) is 6.04 Å². The van der Waals surface area contributed by atoms with Crippen molar-refractivity contribution in [2.75, 3.05) is 6.61 Å². The predicted octanol–water partition coefficient (Wildman–Crippen LogP) is 2.95. The number of ether oxygens (including phenoxy) is 1. The van der Waals surface area contributed by atoms with Gasteiger partial charge >= 0.3 is 5.97 Å². The summed E-state index contributed by atoms with van der Waals surface area (Å²) in [6.07, 6.45) is 1.72. The Morgan fingerprint density at radius 1 is 1.26 bits per heavy atom. The Morgan fingerprint density at radius 3 is 2.63 bits per heavy atom. The summed E-state index contributed by atoms with van der Waals surface area (Å²) in [5, 5.41) is 2.84. The van der Waals surface area contributed by atoms with E-state index in [-0.39, 0.29) is 13.0 Å². The molecular formula is C20H20N2O4S. The maximum Gasteiger partial charge on any atom is 0.331 e. The molecule has 1 aromatic carbocycles. The van der Waals surface area contributed by atoms with Gasteiger partial charge in [0.25, 0.3) is 11.8 Å². The lowest BCUT2D eigenvalue weighted by atomic mass is 9.94. The van der Waals surface area contributed by atoms with Crippen molar-refractivity contribution in [1.82, 2.24) is 10.4 Å². The first-order valence-electron chi connectivity index (χ1n) is 8.61. The van der Waals surface area contributed by atoms with E-state index in [2.05, 4.69) is 5.43 Å². The molecule has 1 aliphatic rings. The van der Waals surface area contributed by atoms with Gasteiger partial charge in [-0.1, -0.05) is 35.9 Å². The fraction of sp³-hybridized carbons (Fsp3) is 0.250. The van der Waals surface area contributed by atoms with Crippen molar-refractivity contribution in [2.24, 2.45) is 0 Å². The molecule has 0 unspecified atom stereocenters. The second-order valence-electron chi connectivity index (χ2n) is 6.13. The molecular weight excluding hydrogens is 364 g/mol. The lowest BCUT2D eigenvalue weighted by molar-refractivity contribution is -0.155. The summed E-state index contributed by atoms with van der Waals surface area (Å²) < 4.78 is 5.13. The van der Waals surface area contributed by atoms with Crippen molar-refractivity contribution in [3.8, 4) is 0 Å². The number of thiophene rings is 1. The number of carbonyl (C=O) groups is 3. The zero-order valence-electron chi connectivity index (χ0n) is 15.1. The van der Waals surface area contributed by atoms with Crippen molar-refractivity contribution in [3.05, 3.63) is 63.9 Å². The van der Waals surface area contributed by atoms with E-state index in [1.807, 2.05) is 31.2 Å². The summed E-state index contributed by atoms with van der Waals surface area (Å²) in [6.45, 7) is 3.88. The molecule has 0 saturated heterocycles. The zero-order valence-corrected chi connectivity index (χ0v) is 15.9. The minimum atomic E-state index is -0.914. The molecule has 1 N–H and O–H groups in total. The van der Waals surface area contributed by atoms with E-state index in [9.17, 15) is 14.4 Å². The van der Waals surface area contributed by atoms with Gasteiger partial charge < -0.3 is 4.74 Å². The summed E-state index contributed by atoms with van der Waals surface area (Å²) >= 11 is 1.26. The standard InChI is InChI=1S/C20H20N2O4S/c1-3-26-20(25)16-11-15(14-8-6-13(2)7-9-14)12-18(23)22(16)21-19(24)17-5-4-10-27-17/h4-10,12,16H,3,11H2,1-2H3,(H,21,24)/t16-/m1/s1. The number of hydrogen-bond donors (Lipinski definition) is 1. The SMILES string of the molecule is CCOC(=O)[C@H]1CC(c2ccc(C)cc2)=CC(=O)N1NC(=O)c1cccs1. The largest absolute Gasteiger partial charge is 0.464 e. The predicted molar refractivity (Wildman–Crippen MR) is 103 cm³/mol. The Bertz CT molecular complexity index is 872. The van der Waals surface area contributed by atoms with Crippen molar-refractivity contribution in [1.29, 1.82) is 0 Å². The van der Waals surface area contributed by atoms with E-state index < -0.39 is 23.8 Å². The molecule has 0 saturated carbocycles. The van der Waals surface area contributed by atoms with E-state index in [4.69, 9.17) is 4.74 Å². The minimum Gasteiger partial charge on any atom is -0.464 e. The fourth-order valence-corrected chi connectivity index (χ4v) is 3.45. The first-order valence-corrected chi connectivity index (χ1v) is 9.49. The third kappa shape index (κ3) is 4.25. The Hall–Kier alpha value is -2.93. The van der Waals surface area contributed by atoms with Gasteiger partial charge in [-0.3, -0.25) is 15.0 Å². The smallest absolute Gasteiger partial charge is 0.331 e. The number of rotatable bonds is 5. The van der Waals surface area contributed by atoms with Gasteiger partial charge in [-0.15, -0.1) is 11.3 Å². The maximum absolute atomic E-state index is 12.7. The van der Waals surface area contributed by atoms with Crippen LogP contribution >= 0.6 is 11.3 Å². The first kappa shape index (κ1) is 18.8. The lowest BCUT2D eigenvalue weighted by Crippen LogP contribution is -2.56. The summed E-state index contributed by atoms with van der Waals surface area (Å²) in [7, 11) is 0. The number of amides is 2. The Labute approximate surface area is 161 Å². The average Bonchev–Trinajstić information content (AvgIpc) is 3.19. The van der Waals surface area contributed by atoms with E-state index in [1.165, 1.54) is 17.4 Å². The van der Waals surface area contributed by atoms with Gasteiger partial charge in [0.2, 0.25) is 0 Å². The van der Waals surface area contributed by atoms with Crippen LogP contribution in [-0.2, 0) is 14.3 Å². The molecule has 2 amide bonds. The third-order valence-corrected chi connectivity index (χ3v) is 5.08. The lowest BCUT2D eigenvalue weighted by Gasteiger charge is -2.33. The fourth-order valence-electron chi connectivity index (χ4n) is 2.83. The minimum absolute atomic E-state index is 0.194. The third-order valence-electron chi connectivity index (χ3n) is 4.21. The Kier molecular flexibility index (Phi) is 5.71. The molecule has 0 radical (unpaired) electrons. The number of nitrogens with one attached hydrogen (secondary N) is 1. The van der Waals surface area contributed by atoms with Crippen LogP contribution in [-0.4, -0.2) is 35.4 Å². The molecule has 1 aliphatic heterocycles. The second-order valence-corrected chi connectivity index (χ2v) is 7.08. The highest BCUT2D eigenvalue weighted by Gasteiger charge is 2.36. The molecule has 1 atom stereocenters. The molecule has 27 heavy (non-hydrogen) atoms. The summed E-state index contributed by atoms with van der Waals surface area (Å²) in [5.41, 5.74) is 5.26. The molecule has 2 aromatic rings. The highest BCUT2D eigenvalue weighted by atomic mass is 32.1. The Balaban J connectivity index is 1.88. The van der Waals surface area contributed by atoms with Crippen LogP contribution in [0.15, 0.2) is 47.9 Å². The van der Waals surface area contributed by atoms with Crippen molar-refractivity contribution in [2.45, 2.75) is 26.3 Å². The monoisotopic (exact) mass is 384 g/mol. The number of esters is 1. The number of aryl methyl sites for hydroxylation is 1. The van der Waals surface area contributed by atoms with Gasteiger partial charge in [0.05, 0.1) is 11.5 Å². The molecule has 140 valence electrons. The van der Waals surface area contributed by atoms with Crippen LogP contribution in [0.5, 0.6) is 0 Å². The number of hydrazine groups is 1. The zero-order chi connectivity index (χ0) is 19.4. The van der Waals surface area contributed by atoms with Gasteiger partial charge in [-0.05, 0) is 36.4 Å². The van der Waals surface area contributed by atoms with Crippen molar-refractivity contribution < 1.29 is 19.1 Å². The number of benzene rings is 1. The van der Waals surface area contributed by atoms with Crippen LogP contribution in [0.3, 0.4) is 0 Å². The summed E-state index contributed by atoms with van der Waals surface area (Å²) in [5.74, 6) is -1.44. The normalized spacial score (nSPS) is 16.7. The molecule has 0 spiro atoms. The van der Waals surface area contributed by atoms with Crippen molar-refractivity contribution in [3.63, 3.8) is 0 Å². The molecule has 0 aliphatic carbocycles. The van der Waals surface area contributed by atoms with E-state index in [0.29, 0.717) is 4.88 Å². The highest BCUT2D eigenvalue weighted by Crippen LogP contribution is 2.27. The first-order chi connectivity index (χ1) is 13.0. The summed E-state index contributed by atoms with van der Waals surface area (Å²) in [6, 6.07) is 10.2. The second kappa shape index (κ2) is 8.18. The van der Waals surface area contributed by atoms with Gasteiger partial charge in [0, 0.05) is 12.5 Å². The topological polar surface area (TPSA) is 75.7 Å². The molecule has 0 fully saturated rings. The van der Waals surface area contributed by atoms with Crippen LogP contribution < -0.4 is 5.43 Å². The highest BCUT2D eigenvalue weighted by molar-refractivity contribution is 7.12. The van der Waals surface area contributed by atoms with Gasteiger partial charge in [-0.25, -0.2) is 9.80 Å². The molecule has 0 bridgehead atoms. The number of hydrogen-bond acceptors (Lipinski definition) is 5. The van der Waals surface area contributed by atoms with E-state index in [0.717, 1.165) is 21.7 Å². The van der Waals surface area contributed by atoms with E-state index >= 15 is 0 Å². The average molecular weight is 384 g/mol. The van der Waals surface area contributed by atoms with Crippen LogP contribution in [0, 0.1) is 6.92 Å². The van der Waals surface area contributed by atoms with Crippen LogP contribution in [0.25, 0.3) is 5.57 Å². The molecule has 7 heteroatoms. The Morgan fingerprint density at radius 2 is 2.00 bits per heavy atom.